The molecule has 18 heavy (non-hydrogen) atoms. The lowest BCUT2D eigenvalue weighted by atomic mass is 10.3. The second-order valence-electron chi connectivity index (χ2n) is 3.77. The summed E-state index contributed by atoms with van der Waals surface area (Å²) in [7, 11) is 0. The highest BCUT2D eigenvalue weighted by atomic mass is 35.5. The molecule has 5 heteroatoms. The number of rotatable bonds is 6. The lowest BCUT2D eigenvalue weighted by Crippen LogP contribution is -2.22. The Kier molecular flexibility index (Phi) is 6.63. The van der Waals surface area contributed by atoms with Gasteiger partial charge in [-0.05, 0) is 43.4 Å². The van der Waals surface area contributed by atoms with Crippen molar-refractivity contribution >= 4 is 35.0 Å². The average Bonchev–Trinajstić information content (AvgIpc) is 2.37. The maximum Gasteiger partial charge on any atom is 0.237 e. The molecule has 0 saturated heterocycles. The van der Waals surface area contributed by atoms with Crippen molar-refractivity contribution in [3.8, 4) is 6.07 Å². The number of halogens is 1. The van der Waals surface area contributed by atoms with Crippen LogP contribution in [-0.4, -0.2) is 16.9 Å². The molecular weight excluding hydrogens is 268 g/mol. The summed E-state index contributed by atoms with van der Waals surface area (Å²) < 4.78 is 0. The van der Waals surface area contributed by atoms with Crippen LogP contribution in [0, 0.1) is 11.3 Å². The zero-order valence-corrected chi connectivity index (χ0v) is 11.7. The van der Waals surface area contributed by atoms with Crippen molar-refractivity contribution in [2.75, 3.05) is 11.1 Å². The third-order valence-corrected chi connectivity index (χ3v) is 3.77. The van der Waals surface area contributed by atoms with Crippen molar-refractivity contribution < 1.29 is 4.79 Å². The molecule has 1 unspecified atom stereocenters. The first-order valence-corrected chi connectivity index (χ1v) is 7.11. The van der Waals surface area contributed by atoms with Crippen molar-refractivity contribution in [1.82, 2.24) is 0 Å². The van der Waals surface area contributed by atoms with Crippen LogP contribution in [0.1, 0.15) is 19.8 Å². The summed E-state index contributed by atoms with van der Waals surface area (Å²) in [4.78, 5) is 11.8. The standard InChI is InChI=1S/C13H15ClN2OS/c1-10(18-9-3-2-8-15)13(17)16-12-6-4-11(14)5-7-12/h4-7,10H,2-3,9H2,1H3,(H,16,17). The number of benzene rings is 1. The number of thioether (sulfide) groups is 1. The minimum atomic E-state index is -0.126. The first kappa shape index (κ1) is 14.9. The van der Waals surface area contributed by atoms with Crippen molar-refractivity contribution in [2.45, 2.75) is 25.0 Å². The summed E-state index contributed by atoms with van der Waals surface area (Å²) >= 11 is 7.32. The van der Waals surface area contributed by atoms with E-state index in [0.717, 1.165) is 17.9 Å². The Hall–Kier alpha value is -1.18. The molecular formula is C13H15ClN2OS. The highest BCUT2D eigenvalue weighted by Gasteiger charge is 2.12. The quantitative estimate of drug-likeness (QED) is 0.809. The van der Waals surface area contributed by atoms with Gasteiger partial charge in [0.25, 0.3) is 0 Å². The van der Waals surface area contributed by atoms with Crippen LogP contribution in [0.5, 0.6) is 0 Å². The Morgan fingerprint density at radius 2 is 2.17 bits per heavy atom. The average molecular weight is 283 g/mol. The summed E-state index contributed by atoms with van der Waals surface area (Å²) in [5.74, 6) is 0.794. The van der Waals surface area contributed by atoms with Gasteiger partial charge in [-0.15, -0.1) is 11.8 Å². The van der Waals surface area contributed by atoms with Crippen molar-refractivity contribution in [3.05, 3.63) is 29.3 Å². The monoisotopic (exact) mass is 282 g/mol. The Balaban J connectivity index is 2.35. The van der Waals surface area contributed by atoms with Crippen LogP contribution in [0.4, 0.5) is 5.69 Å². The van der Waals surface area contributed by atoms with Gasteiger partial charge in [0.05, 0.1) is 11.3 Å². The van der Waals surface area contributed by atoms with Crippen molar-refractivity contribution in [3.63, 3.8) is 0 Å². The molecule has 0 fully saturated rings. The zero-order chi connectivity index (χ0) is 13.4. The Morgan fingerprint density at radius 1 is 1.50 bits per heavy atom. The molecule has 96 valence electrons. The second kappa shape index (κ2) is 8.02. The highest BCUT2D eigenvalue weighted by molar-refractivity contribution is 8.00. The number of hydrogen-bond donors (Lipinski definition) is 1. The number of anilines is 1. The van der Waals surface area contributed by atoms with Gasteiger partial charge in [-0.2, -0.15) is 5.26 Å². The molecule has 0 radical (unpaired) electrons. The molecule has 1 aromatic rings. The van der Waals surface area contributed by atoms with Crippen LogP contribution in [0.3, 0.4) is 0 Å². The molecule has 0 spiro atoms. The minimum absolute atomic E-state index is 0.0284. The fourth-order valence-electron chi connectivity index (χ4n) is 1.26. The van der Waals surface area contributed by atoms with Gasteiger partial charge in [0.1, 0.15) is 0 Å². The Labute approximate surface area is 117 Å². The smallest absolute Gasteiger partial charge is 0.237 e. The molecule has 1 amide bonds. The van der Waals surface area contributed by atoms with Gasteiger partial charge in [0.2, 0.25) is 5.91 Å². The predicted octanol–water partition coefficient (Wildman–Crippen LogP) is 3.70. The van der Waals surface area contributed by atoms with E-state index in [1.807, 2.05) is 6.92 Å². The lowest BCUT2D eigenvalue weighted by molar-refractivity contribution is -0.115. The molecule has 0 aliphatic carbocycles. The molecule has 0 aliphatic heterocycles. The van der Waals surface area contributed by atoms with Gasteiger partial charge in [-0.25, -0.2) is 0 Å². The first-order valence-electron chi connectivity index (χ1n) is 5.68. The van der Waals surface area contributed by atoms with Gasteiger partial charge < -0.3 is 5.32 Å². The lowest BCUT2D eigenvalue weighted by Gasteiger charge is -2.11. The van der Waals surface area contributed by atoms with Crippen LogP contribution in [0.2, 0.25) is 5.02 Å². The maximum absolute atomic E-state index is 11.8. The first-order chi connectivity index (χ1) is 8.63. The normalized spacial score (nSPS) is 11.6. The topological polar surface area (TPSA) is 52.9 Å². The third-order valence-electron chi connectivity index (χ3n) is 2.28. The van der Waals surface area contributed by atoms with Crippen LogP contribution in [0.25, 0.3) is 0 Å². The van der Waals surface area contributed by atoms with E-state index in [-0.39, 0.29) is 11.2 Å². The predicted molar refractivity (Wildman–Crippen MR) is 76.8 cm³/mol. The zero-order valence-electron chi connectivity index (χ0n) is 10.1. The molecule has 3 nitrogen and oxygen atoms in total. The molecule has 1 atom stereocenters. The molecule has 1 aromatic carbocycles. The fourth-order valence-corrected chi connectivity index (χ4v) is 2.26. The number of hydrogen-bond acceptors (Lipinski definition) is 3. The van der Waals surface area contributed by atoms with Crippen LogP contribution in [-0.2, 0) is 4.79 Å². The summed E-state index contributed by atoms with van der Waals surface area (Å²) in [6.45, 7) is 1.86. The van der Waals surface area contributed by atoms with Gasteiger partial charge >= 0.3 is 0 Å². The van der Waals surface area contributed by atoms with E-state index in [0.29, 0.717) is 11.4 Å². The number of nitrogens with zero attached hydrogens (tertiary/aromatic N) is 1. The minimum Gasteiger partial charge on any atom is -0.325 e. The summed E-state index contributed by atoms with van der Waals surface area (Å²) in [6.07, 6.45) is 1.36. The van der Waals surface area contributed by atoms with Gasteiger partial charge in [-0.3, -0.25) is 4.79 Å². The number of carbonyl (C=O) groups excluding carboxylic acids is 1. The van der Waals surface area contributed by atoms with Gasteiger partial charge in [0.15, 0.2) is 0 Å². The molecule has 1 rings (SSSR count). The van der Waals surface area contributed by atoms with E-state index < -0.39 is 0 Å². The summed E-state index contributed by atoms with van der Waals surface area (Å²) in [6, 6.07) is 9.11. The van der Waals surface area contributed by atoms with Gasteiger partial charge in [-0.1, -0.05) is 11.6 Å². The second-order valence-corrected chi connectivity index (χ2v) is 5.66. The molecule has 0 aliphatic rings. The number of amides is 1. The summed E-state index contributed by atoms with van der Waals surface area (Å²) in [5.41, 5.74) is 0.744. The largest absolute Gasteiger partial charge is 0.325 e. The van der Waals surface area contributed by atoms with Crippen molar-refractivity contribution in [2.24, 2.45) is 0 Å². The highest BCUT2D eigenvalue weighted by Crippen LogP contribution is 2.17. The SMILES string of the molecule is CC(SCCCC#N)C(=O)Nc1ccc(Cl)cc1. The molecule has 0 aromatic heterocycles. The Bertz CT molecular complexity index is 428. The third kappa shape index (κ3) is 5.44. The number of carbonyl (C=O) groups is 1. The van der Waals surface area contributed by atoms with Crippen LogP contribution < -0.4 is 5.32 Å². The van der Waals surface area contributed by atoms with E-state index in [2.05, 4.69) is 11.4 Å². The molecule has 0 heterocycles. The fraction of sp³-hybridized carbons (Fsp3) is 0.385. The molecule has 1 N–H and O–H groups in total. The van der Waals surface area contributed by atoms with E-state index in [1.165, 1.54) is 0 Å². The van der Waals surface area contributed by atoms with Crippen LogP contribution >= 0.6 is 23.4 Å². The molecule has 0 saturated carbocycles. The van der Waals surface area contributed by atoms with Crippen molar-refractivity contribution in [1.29, 1.82) is 5.26 Å². The van der Waals surface area contributed by atoms with Gasteiger partial charge in [0, 0.05) is 17.1 Å². The number of nitrogens with one attached hydrogen (secondary N) is 1. The Morgan fingerprint density at radius 3 is 2.78 bits per heavy atom. The summed E-state index contributed by atoms with van der Waals surface area (Å²) in [5, 5.41) is 11.8. The molecule has 0 bridgehead atoms. The number of unbranched alkanes of at least 4 members (excludes halogenated alkanes) is 1. The van der Waals surface area contributed by atoms with E-state index in [1.54, 1.807) is 36.0 Å². The van der Waals surface area contributed by atoms with E-state index in [4.69, 9.17) is 16.9 Å². The van der Waals surface area contributed by atoms with E-state index in [9.17, 15) is 4.79 Å². The van der Waals surface area contributed by atoms with Crippen LogP contribution in [0.15, 0.2) is 24.3 Å². The maximum atomic E-state index is 11.8. The number of nitriles is 1. The van der Waals surface area contributed by atoms with E-state index >= 15 is 0 Å².